The van der Waals surface area contributed by atoms with Gasteiger partial charge in [-0.3, -0.25) is 9.69 Å². The van der Waals surface area contributed by atoms with Crippen molar-refractivity contribution in [2.24, 2.45) is 0 Å². The van der Waals surface area contributed by atoms with Gasteiger partial charge < -0.3 is 19.5 Å². The van der Waals surface area contributed by atoms with Crippen LogP contribution in [0, 0.1) is 0 Å². The molecule has 1 saturated heterocycles. The Hall–Kier alpha value is -1.70. The van der Waals surface area contributed by atoms with Crippen LogP contribution in [-0.4, -0.2) is 84.9 Å². The highest BCUT2D eigenvalue weighted by molar-refractivity contribution is 5.94. The molecule has 0 saturated carbocycles. The Bertz CT molecular complexity index is 487. The summed E-state index contributed by atoms with van der Waals surface area (Å²) in [6.45, 7) is 6.23. The predicted octanol–water partition coefficient (Wildman–Crippen LogP) is 0.245. The molecule has 1 amide bonds. The van der Waals surface area contributed by atoms with Crippen LogP contribution in [0.4, 0.5) is 0 Å². The summed E-state index contributed by atoms with van der Waals surface area (Å²) < 4.78 is 10.2. The lowest BCUT2D eigenvalue weighted by Gasteiger charge is -2.35. The minimum absolute atomic E-state index is 0.0188. The van der Waals surface area contributed by atoms with Crippen molar-refractivity contribution >= 4 is 5.91 Å². The van der Waals surface area contributed by atoms with Gasteiger partial charge in [0.15, 0.2) is 0 Å². The van der Waals surface area contributed by atoms with Crippen LogP contribution < -0.4 is 4.74 Å². The molecule has 2 rings (SSSR count). The second kappa shape index (κ2) is 8.81. The molecule has 23 heavy (non-hydrogen) atoms. The van der Waals surface area contributed by atoms with Crippen molar-refractivity contribution in [2.45, 2.75) is 13.0 Å². The van der Waals surface area contributed by atoms with Crippen LogP contribution in [-0.2, 0) is 4.74 Å². The fraction of sp³-hybridized carbons (Fsp3) is 0.625. The standard InChI is InChI=1S/C16H25N3O4/c1-3-23-12-14(20)11-18-6-8-19(9-7-18)16(21)13-4-5-15(22-2)17-10-13/h4-5,10,14,20H,3,6-9,11-12H2,1-2H3/t14-/m1/s1. The minimum Gasteiger partial charge on any atom is -0.481 e. The van der Waals surface area contributed by atoms with Gasteiger partial charge in [-0.2, -0.15) is 0 Å². The Labute approximate surface area is 136 Å². The Morgan fingerprint density at radius 1 is 1.35 bits per heavy atom. The number of carbonyl (C=O) groups is 1. The van der Waals surface area contributed by atoms with E-state index in [1.54, 1.807) is 25.4 Å². The molecule has 0 aromatic carbocycles. The van der Waals surface area contributed by atoms with E-state index in [2.05, 4.69) is 9.88 Å². The monoisotopic (exact) mass is 323 g/mol. The quantitative estimate of drug-likeness (QED) is 0.775. The zero-order chi connectivity index (χ0) is 16.7. The Balaban J connectivity index is 1.80. The summed E-state index contributed by atoms with van der Waals surface area (Å²) in [5.74, 6) is 0.476. The van der Waals surface area contributed by atoms with E-state index in [0.29, 0.717) is 44.3 Å². The minimum atomic E-state index is -0.483. The first kappa shape index (κ1) is 17.7. The fourth-order valence-electron chi connectivity index (χ4n) is 2.55. The molecule has 7 heteroatoms. The number of carbonyl (C=O) groups excluding carboxylic acids is 1. The van der Waals surface area contributed by atoms with Crippen molar-refractivity contribution in [1.82, 2.24) is 14.8 Å². The third-order valence-electron chi connectivity index (χ3n) is 3.84. The van der Waals surface area contributed by atoms with Crippen molar-refractivity contribution < 1.29 is 19.4 Å². The first-order valence-electron chi connectivity index (χ1n) is 7.91. The molecule has 0 aliphatic carbocycles. The van der Waals surface area contributed by atoms with Gasteiger partial charge in [0.1, 0.15) is 0 Å². The Morgan fingerprint density at radius 2 is 2.09 bits per heavy atom. The number of β-amino-alcohol motifs (C(OH)–C–C–N with tert-alkyl or cyclic N) is 1. The van der Waals surface area contributed by atoms with Crippen LogP contribution >= 0.6 is 0 Å². The Morgan fingerprint density at radius 3 is 2.65 bits per heavy atom. The number of hydrogen-bond donors (Lipinski definition) is 1. The summed E-state index contributed by atoms with van der Waals surface area (Å²) >= 11 is 0. The average molecular weight is 323 g/mol. The van der Waals surface area contributed by atoms with Crippen molar-refractivity contribution in [2.75, 3.05) is 53.0 Å². The first-order valence-corrected chi connectivity index (χ1v) is 7.91. The fourth-order valence-corrected chi connectivity index (χ4v) is 2.55. The van der Waals surface area contributed by atoms with E-state index >= 15 is 0 Å². The zero-order valence-electron chi connectivity index (χ0n) is 13.8. The van der Waals surface area contributed by atoms with Gasteiger partial charge in [0, 0.05) is 51.6 Å². The van der Waals surface area contributed by atoms with Gasteiger partial charge >= 0.3 is 0 Å². The largest absolute Gasteiger partial charge is 0.481 e. The van der Waals surface area contributed by atoms with Crippen molar-refractivity contribution in [3.8, 4) is 5.88 Å². The summed E-state index contributed by atoms with van der Waals surface area (Å²) in [5, 5.41) is 9.87. The van der Waals surface area contributed by atoms with Crippen LogP contribution in [0.3, 0.4) is 0 Å². The van der Waals surface area contributed by atoms with Gasteiger partial charge in [-0.05, 0) is 13.0 Å². The van der Waals surface area contributed by atoms with Crippen molar-refractivity contribution in [3.63, 3.8) is 0 Å². The number of aliphatic hydroxyl groups is 1. The maximum Gasteiger partial charge on any atom is 0.255 e. The summed E-state index contributed by atoms with van der Waals surface area (Å²) in [7, 11) is 1.54. The van der Waals surface area contributed by atoms with Crippen LogP contribution in [0.5, 0.6) is 5.88 Å². The van der Waals surface area contributed by atoms with Crippen LogP contribution in [0.25, 0.3) is 0 Å². The number of ether oxygens (including phenoxy) is 2. The molecule has 1 aliphatic heterocycles. The van der Waals surface area contributed by atoms with E-state index in [1.807, 2.05) is 11.8 Å². The van der Waals surface area contributed by atoms with Gasteiger partial charge in [0.25, 0.3) is 5.91 Å². The lowest BCUT2D eigenvalue weighted by Crippen LogP contribution is -2.50. The van der Waals surface area contributed by atoms with E-state index < -0.39 is 6.10 Å². The summed E-state index contributed by atoms with van der Waals surface area (Å²) in [6, 6.07) is 3.42. The summed E-state index contributed by atoms with van der Waals surface area (Å²) in [4.78, 5) is 20.5. The molecular weight excluding hydrogens is 298 g/mol. The summed E-state index contributed by atoms with van der Waals surface area (Å²) in [5.41, 5.74) is 0.565. The highest BCUT2D eigenvalue weighted by Crippen LogP contribution is 2.11. The average Bonchev–Trinajstić information content (AvgIpc) is 2.60. The molecular formula is C16H25N3O4. The molecule has 128 valence electrons. The topological polar surface area (TPSA) is 75.1 Å². The van der Waals surface area contributed by atoms with Gasteiger partial charge in [0.2, 0.25) is 5.88 Å². The smallest absolute Gasteiger partial charge is 0.255 e. The molecule has 2 heterocycles. The third-order valence-corrected chi connectivity index (χ3v) is 3.84. The summed E-state index contributed by atoms with van der Waals surface area (Å²) in [6.07, 6.45) is 1.06. The molecule has 0 radical (unpaired) electrons. The number of methoxy groups -OCH3 is 1. The van der Waals surface area contributed by atoms with Gasteiger partial charge in [0.05, 0.1) is 25.4 Å². The zero-order valence-corrected chi connectivity index (χ0v) is 13.8. The van der Waals surface area contributed by atoms with E-state index in [0.717, 1.165) is 13.1 Å². The van der Waals surface area contributed by atoms with E-state index in [-0.39, 0.29) is 5.91 Å². The lowest BCUT2D eigenvalue weighted by atomic mass is 10.2. The van der Waals surface area contributed by atoms with Crippen LogP contribution in [0.1, 0.15) is 17.3 Å². The maximum atomic E-state index is 12.4. The van der Waals surface area contributed by atoms with E-state index in [9.17, 15) is 9.90 Å². The van der Waals surface area contributed by atoms with E-state index in [1.165, 1.54) is 0 Å². The number of hydrogen-bond acceptors (Lipinski definition) is 6. The maximum absolute atomic E-state index is 12.4. The lowest BCUT2D eigenvalue weighted by molar-refractivity contribution is 0.0111. The molecule has 0 spiro atoms. The molecule has 1 fully saturated rings. The van der Waals surface area contributed by atoms with Gasteiger partial charge in [-0.1, -0.05) is 0 Å². The van der Waals surface area contributed by atoms with Crippen LogP contribution in [0.2, 0.25) is 0 Å². The molecule has 7 nitrogen and oxygen atoms in total. The first-order chi connectivity index (χ1) is 11.1. The molecule has 1 aromatic rings. The number of nitrogens with zero attached hydrogens (tertiary/aromatic N) is 3. The van der Waals surface area contributed by atoms with Crippen molar-refractivity contribution in [3.05, 3.63) is 23.9 Å². The molecule has 1 aliphatic rings. The second-order valence-electron chi connectivity index (χ2n) is 5.50. The highest BCUT2D eigenvalue weighted by Gasteiger charge is 2.23. The highest BCUT2D eigenvalue weighted by atomic mass is 16.5. The molecule has 0 unspecified atom stereocenters. The predicted molar refractivity (Wildman–Crippen MR) is 85.6 cm³/mol. The Kier molecular flexibility index (Phi) is 6.76. The van der Waals surface area contributed by atoms with Gasteiger partial charge in [-0.25, -0.2) is 4.98 Å². The van der Waals surface area contributed by atoms with E-state index in [4.69, 9.17) is 9.47 Å². The van der Waals surface area contributed by atoms with Crippen LogP contribution in [0.15, 0.2) is 18.3 Å². The molecule has 1 N–H and O–H groups in total. The normalized spacial score (nSPS) is 17.1. The number of aliphatic hydroxyl groups excluding tert-OH is 1. The number of amides is 1. The number of aromatic nitrogens is 1. The number of piperazine rings is 1. The second-order valence-corrected chi connectivity index (χ2v) is 5.50. The number of rotatable bonds is 7. The molecule has 1 aromatic heterocycles. The molecule has 1 atom stereocenters. The SMILES string of the molecule is CCOC[C@H](O)CN1CCN(C(=O)c2ccc(OC)nc2)CC1. The molecule has 0 bridgehead atoms. The third kappa shape index (κ3) is 5.16. The number of pyridine rings is 1. The van der Waals surface area contributed by atoms with Crippen molar-refractivity contribution in [1.29, 1.82) is 0 Å². The van der Waals surface area contributed by atoms with Gasteiger partial charge in [-0.15, -0.1) is 0 Å².